The number of hydrogen-bond donors (Lipinski definition) is 1. The summed E-state index contributed by atoms with van der Waals surface area (Å²) in [6.45, 7) is 2.21. The van der Waals surface area contributed by atoms with Gasteiger partial charge in [-0.15, -0.1) is 0 Å². The van der Waals surface area contributed by atoms with E-state index in [4.69, 9.17) is 9.84 Å². The third kappa shape index (κ3) is 2.65. The summed E-state index contributed by atoms with van der Waals surface area (Å²) in [7, 11) is 0. The van der Waals surface area contributed by atoms with E-state index in [1.807, 2.05) is 0 Å². The van der Waals surface area contributed by atoms with Gasteiger partial charge in [-0.1, -0.05) is 6.07 Å². The minimum Gasteiger partial charge on any atom is -0.490 e. The lowest BCUT2D eigenvalue weighted by atomic mass is 10.1. The van der Waals surface area contributed by atoms with Crippen LogP contribution < -0.4 is 4.74 Å². The van der Waals surface area contributed by atoms with Crippen molar-refractivity contribution < 1.29 is 19.7 Å². The number of hydrogen-bond acceptors (Lipinski definition) is 2. The number of carbonyl (C=O) groups is 1. The molecule has 1 aromatic rings. The summed E-state index contributed by atoms with van der Waals surface area (Å²) in [4.78, 5) is 10.4. The van der Waals surface area contributed by atoms with Crippen LogP contribution in [0.2, 0.25) is 0 Å². The molecule has 0 fully saturated rings. The lowest BCUT2D eigenvalue weighted by molar-refractivity contribution is -0.136. The van der Waals surface area contributed by atoms with Gasteiger partial charge in [0.05, 0.1) is 13.0 Å². The van der Waals surface area contributed by atoms with Crippen LogP contribution in [-0.4, -0.2) is 17.7 Å². The highest BCUT2D eigenvalue weighted by Gasteiger charge is 2.07. The van der Waals surface area contributed by atoms with Gasteiger partial charge in [-0.25, -0.2) is 0 Å². The molecule has 0 aliphatic carbocycles. The quantitative estimate of drug-likeness (QED) is 0.797. The van der Waals surface area contributed by atoms with Gasteiger partial charge in [0.15, 0.2) is 5.75 Å². The summed E-state index contributed by atoms with van der Waals surface area (Å²) in [6.07, 6.45) is -0.137. The van der Waals surface area contributed by atoms with Gasteiger partial charge in [0, 0.05) is 0 Å². The average Bonchev–Trinajstić information content (AvgIpc) is 2.09. The minimum absolute atomic E-state index is 0.137. The second-order valence-electron chi connectivity index (χ2n) is 2.78. The lowest BCUT2D eigenvalue weighted by Gasteiger charge is -2.04. The number of carboxylic acids is 1. The molecule has 1 radical (unpaired) electrons. The summed E-state index contributed by atoms with van der Waals surface area (Å²) in [5.74, 6) is -0.958. The predicted molar refractivity (Wildman–Crippen MR) is 49.1 cm³/mol. The summed E-state index contributed by atoms with van der Waals surface area (Å²) >= 11 is 0. The highest BCUT2D eigenvalue weighted by atomic mass is 16.5. The van der Waals surface area contributed by atoms with Crippen molar-refractivity contribution in [3.63, 3.8) is 0 Å². The zero-order valence-electron chi connectivity index (χ0n) is 7.82. The van der Waals surface area contributed by atoms with Crippen molar-refractivity contribution in [1.29, 1.82) is 0 Å². The Hall–Kier alpha value is -1.71. The largest absolute Gasteiger partial charge is 0.490 e. The van der Waals surface area contributed by atoms with E-state index < -0.39 is 5.97 Å². The highest BCUT2D eigenvalue weighted by Crippen LogP contribution is 2.27. The first-order valence-corrected chi connectivity index (χ1v) is 4.28. The molecule has 0 aromatic heterocycles. The average molecular weight is 195 g/mol. The molecule has 0 saturated carbocycles. The van der Waals surface area contributed by atoms with Gasteiger partial charge >= 0.3 is 5.97 Å². The number of aliphatic carboxylic acids is 1. The molecule has 1 N–H and O–H groups in total. The van der Waals surface area contributed by atoms with Gasteiger partial charge in [0.1, 0.15) is 0 Å². The van der Waals surface area contributed by atoms with Crippen LogP contribution in [0.5, 0.6) is 11.5 Å². The topological polar surface area (TPSA) is 66.4 Å². The Labute approximate surface area is 81.8 Å². The van der Waals surface area contributed by atoms with Crippen LogP contribution in [0.15, 0.2) is 18.2 Å². The molecule has 1 rings (SSSR count). The lowest BCUT2D eigenvalue weighted by Crippen LogP contribution is -2.00. The van der Waals surface area contributed by atoms with Gasteiger partial charge in [-0.2, -0.15) is 0 Å². The summed E-state index contributed by atoms with van der Waals surface area (Å²) in [5, 5.41) is 19.8. The summed E-state index contributed by atoms with van der Waals surface area (Å²) < 4.78 is 5.04. The second-order valence-corrected chi connectivity index (χ2v) is 2.78. The first-order valence-electron chi connectivity index (χ1n) is 4.28. The van der Waals surface area contributed by atoms with Crippen LogP contribution in [0, 0.1) is 0 Å². The Balaban J connectivity index is 2.83. The SMILES string of the molecule is CCOc1ccc(CC(=O)O)cc1[O]. The Bertz CT molecular complexity index is 333. The van der Waals surface area contributed by atoms with Crippen LogP contribution in [0.25, 0.3) is 0 Å². The van der Waals surface area contributed by atoms with E-state index in [2.05, 4.69) is 0 Å². The normalized spacial score (nSPS) is 9.79. The fraction of sp³-hybridized carbons (Fsp3) is 0.300. The maximum Gasteiger partial charge on any atom is 0.307 e. The number of ether oxygens (including phenoxy) is 1. The summed E-state index contributed by atoms with van der Waals surface area (Å²) in [5.41, 5.74) is 0.492. The van der Waals surface area contributed by atoms with Crippen molar-refractivity contribution in [1.82, 2.24) is 0 Å². The Morgan fingerprint density at radius 1 is 1.50 bits per heavy atom. The standard InChI is InChI=1S/C10H11O4/c1-2-14-9-4-3-7(5-8(9)11)6-10(12)13/h3-5H,2,6H2,1H3,(H,12,13). The molecule has 0 heterocycles. The molecule has 0 unspecified atom stereocenters. The first-order chi connectivity index (χ1) is 6.63. The molecule has 4 nitrogen and oxygen atoms in total. The van der Waals surface area contributed by atoms with Crippen LogP contribution in [0.3, 0.4) is 0 Å². The van der Waals surface area contributed by atoms with Crippen LogP contribution >= 0.6 is 0 Å². The van der Waals surface area contributed by atoms with Gasteiger partial charge in [0.25, 0.3) is 0 Å². The van der Waals surface area contributed by atoms with Gasteiger partial charge in [0.2, 0.25) is 5.75 Å². The minimum atomic E-state index is -0.950. The fourth-order valence-corrected chi connectivity index (χ4v) is 1.11. The fourth-order valence-electron chi connectivity index (χ4n) is 1.11. The third-order valence-electron chi connectivity index (χ3n) is 1.66. The number of benzene rings is 1. The molecule has 0 saturated heterocycles. The molecule has 0 spiro atoms. The van der Waals surface area contributed by atoms with E-state index in [1.54, 1.807) is 13.0 Å². The molecular weight excluding hydrogens is 184 g/mol. The summed E-state index contributed by atoms with van der Waals surface area (Å²) in [6, 6.07) is 4.38. The van der Waals surface area contributed by atoms with Crippen LogP contribution in [0.4, 0.5) is 0 Å². The third-order valence-corrected chi connectivity index (χ3v) is 1.66. The van der Waals surface area contributed by atoms with Crippen LogP contribution in [0.1, 0.15) is 12.5 Å². The Morgan fingerprint density at radius 3 is 2.71 bits per heavy atom. The zero-order chi connectivity index (χ0) is 10.6. The van der Waals surface area contributed by atoms with Crippen molar-refractivity contribution in [2.75, 3.05) is 6.61 Å². The molecule has 0 bridgehead atoms. The van der Waals surface area contributed by atoms with E-state index in [-0.39, 0.29) is 17.9 Å². The van der Waals surface area contributed by atoms with Crippen molar-refractivity contribution >= 4 is 5.97 Å². The second kappa shape index (κ2) is 4.50. The zero-order valence-corrected chi connectivity index (χ0v) is 7.82. The molecule has 1 aromatic carbocycles. The maximum atomic E-state index is 11.3. The Kier molecular flexibility index (Phi) is 3.34. The van der Waals surface area contributed by atoms with E-state index >= 15 is 0 Å². The van der Waals surface area contributed by atoms with Crippen LogP contribution in [-0.2, 0) is 16.3 Å². The molecule has 0 amide bonds. The molecule has 0 aliphatic heterocycles. The first kappa shape index (κ1) is 10.4. The van der Waals surface area contributed by atoms with E-state index in [9.17, 15) is 9.90 Å². The molecular formula is C10H11O4. The van der Waals surface area contributed by atoms with E-state index in [0.29, 0.717) is 12.2 Å². The number of carboxylic acid groups (broad SMARTS) is 1. The molecule has 14 heavy (non-hydrogen) atoms. The molecule has 0 atom stereocenters. The van der Waals surface area contributed by atoms with Crippen molar-refractivity contribution in [2.45, 2.75) is 13.3 Å². The maximum absolute atomic E-state index is 11.3. The van der Waals surface area contributed by atoms with E-state index in [1.165, 1.54) is 12.1 Å². The van der Waals surface area contributed by atoms with Gasteiger partial charge in [-0.3, -0.25) is 9.90 Å². The Morgan fingerprint density at radius 2 is 2.21 bits per heavy atom. The smallest absolute Gasteiger partial charge is 0.307 e. The predicted octanol–water partition coefficient (Wildman–Crippen LogP) is 1.86. The van der Waals surface area contributed by atoms with Gasteiger partial charge in [-0.05, 0) is 24.6 Å². The monoisotopic (exact) mass is 195 g/mol. The van der Waals surface area contributed by atoms with Crippen molar-refractivity contribution in [2.24, 2.45) is 0 Å². The van der Waals surface area contributed by atoms with E-state index in [0.717, 1.165) is 0 Å². The highest BCUT2D eigenvalue weighted by molar-refractivity contribution is 5.70. The van der Waals surface area contributed by atoms with Crippen molar-refractivity contribution in [3.05, 3.63) is 23.8 Å². The number of rotatable bonds is 4. The molecule has 0 aliphatic rings. The van der Waals surface area contributed by atoms with Gasteiger partial charge < -0.3 is 9.84 Å². The van der Waals surface area contributed by atoms with Crippen molar-refractivity contribution in [3.8, 4) is 11.5 Å². The molecule has 75 valence electrons. The molecule has 4 heteroatoms.